The minimum Gasteiger partial charge on any atom is -0.492 e. The van der Waals surface area contributed by atoms with Gasteiger partial charge in [0, 0.05) is 0 Å². The van der Waals surface area contributed by atoms with Gasteiger partial charge in [0.2, 0.25) is 5.91 Å². The number of ether oxygens (including phenoxy) is 1. The monoisotopic (exact) mass is 324 g/mol. The van der Waals surface area contributed by atoms with Crippen molar-refractivity contribution in [3.05, 3.63) is 30.1 Å². The first kappa shape index (κ1) is 17.2. The standard InChI is InChI=1S/C16H21FN2O4/c17-13-1-3-14(4-2-13)23-10-7-18-15(20)11-19-8-5-12(6-9-19)16(21)22/h1-4,12H,5-11H2,(H,18,20)(H,21,22). The first-order chi connectivity index (χ1) is 11.0. The van der Waals surface area contributed by atoms with Crippen LogP contribution in [0.2, 0.25) is 0 Å². The van der Waals surface area contributed by atoms with Gasteiger partial charge in [-0.3, -0.25) is 14.5 Å². The molecule has 126 valence electrons. The molecule has 0 aromatic heterocycles. The molecule has 0 unspecified atom stereocenters. The van der Waals surface area contributed by atoms with Crippen molar-refractivity contribution in [1.82, 2.24) is 10.2 Å². The minimum absolute atomic E-state index is 0.110. The lowest BCUT2D eigenvalue weighted by molar-refractivity contribution is -0.143. The van der Waals surface area contributed by atoms with Crippen LogP contribution in [0.5, 0.6) is 5.75 Å². The van der Waals surface area contributed by atoms with Crippen molar-refractivity contribution in [3.8, 4) is 5.75 Å². The molecular formula is C16H21FN2O4. The number of amides is 1. The van der Waals surface area contributed by atoms with Gasteiger partial charge in [0.15, 0.2) is 0 Å². The zero-order valence-corrected chi connectivity index (χ0v) is 12.8. The maximum Gasteiger partial charge on any atom is 0.306 e. The highest BCUT2D eigenvalue weighted by molar-refractivity contribution is 5.78. The largest absolute Gasteiger partial charge is 0.492 e. The normalized spacial score (nSPS) is 16.0. The van der Waals surface area contributed by atoms with E-state index in [0.29, 0.717) is 44.8 Å². The topological polar surface area (TPSA) is 78.9 Å². The van der Waals surface area contributed by atoms with Gasteiger partial charge in [-0.25, -0.2) is 4.39 Å². The van der Waals surface area contributed by atoms with Gasteiger partial charge in [-0.2, -0.15) is 0 Å². The lowest BCUT2D eigenvalue weighted by atomic mass is 9.97. The van der Waals surface area contributed by atoms with Crippen LogP contribution in [0.1, 0.15) is 12.8 Å². The van der Waals surface area contributed by atoms with Crippen LogP contribution >= 0.6 is 0 Å². The van der Waals surface area contributed by atoms with E-state index in [2.05, 4.69) is 5.32 Å². The van der Waals surface area contributed by atoms with Gasteiger partial charge in [-0.15, -0.1) is 0 Å². The Hall–Kier alpha value is -2.15. The maximum absolute atomic E-state index is 12.7. The van der Waals surface area contributed by atoms with Crippen molar-refractivity contribution in [3.63, 3.8) is 0 Å². The zero-order valence-electron chi connectivity index (χ0n) is 12.8. The second kappa shape index (κ2) is 8.47. The van der Waals surface area contributed by atoms with Gasteiger partial charge in [-0.05, 0) is 50.2 Å². The number of hydrogen-bond acceptors (Lipinski definition) is 4. The Balaban J connectivity index is 1.58. The van der Waals surface area contributed by atoms with Crippen LogP contribution < -0.4 is 10.1 Å². The van der Waals surface area contributed by atoms with E-state index in [4.69, 9.17) is 9.84 Å². The first-order valence-electron chi connectivity index (χ1n) is 7.65. The summed E-state index contributed by atoms with van der Waals surface area (Å²) in [7, 11) is 0. The summed E-state index contributed by atoms with van der Waals surface area (Å²) in [6.07, 6.45) is 1.16. The van der Waals surface area contributed by atoms with Crippen LogP contribution in [0.25, 0.3) is 0 Å². The highest BCUT2D eigenvalue weighted by atomic mass is 19.1. The molecule has 6 nitrogen and oxygen atoms in total. The molecular weight excluding hydrogens is 303 g/mol. The summed E-state index contributed by atoms with van der Waals surface area (Å²) >= 11 is 0. The molecule has 1 saturated heterocycles. The quantitative estimate of drug-likeness (QED) is 0.735. The van der Waals surface area contributed by atoms with Crippen LogP contribution in [0.4, 0.5) is 4.39 Å². The number of nitrogens with zero attached hydrogens (tertiary/aromatic N) is 1. The number of likely N-dealkylation sites (tertiary alicyclic amines) is 1. The van der Waals surface area contributed by atoms with Crippen molar-refractivity contribution in [2.75, 3.05) is 32.8 Å². The summed E-state index contributed by atoms with van der Waals surface area (Å²) in [5, 5.41) is 11.7. The van der Waals surface area contributed by atoms with Gasteiger partial charge in [0.05, 0.1) is 19.0 Å². The Morgan fingerprint density at radius 2 is 1.91 bits per heavy atom. The second-order valence-corrected chi connectivity index (χ2v) is 5.54. The molecule has 0 spiro atoms. The Morgan fingerprint density at radius 3 is 2.52 bits per heavy atom. The number of piperidine rings is 1. The highest BCUT2D eigenvalue weighted by Crippen LogP contribution is 2.16. The molecule has 1 aliphatic rings. The van der Waals surface area contributed by atoms with Crippen molar-refractivity contribution < 1.29 is 23.8 Å². The summed E-state index contributed by atoms with van der Waals surface area (Å²) in [4.78, 5) is 24.6. The number of carbonyl (C=O) groups is 2. The molecule has 2 N–H and O–H groups in total. The predicted molar refractivity (Wildman–Crippen MR) is 81.7 cm³/mol. The molecule has 1 aromatic rings. The number of carboxylic acids is 1. The number of halogens is 1. The molecule has 1 fully saturated rings. The van der Waals surface area contributed by atoms with Crippen molar-refractivity contribution in [1.29, 1.82) is 0 Å². The van der Waals surface area contributed by atoms with E-state index in [9.17, 15) is 14.0 Å². The summed E-state index contributed by atoms with van der Waals surface area (Å²) in [5.74, 6) is -0.930. The van der Waals surface area contributed by atoms with Crippen molar-refractivity contribution >= 4 is 11.9 Å². The van der Waals surface area contributed by atoms with Crippen LogP contribution in [-0.4, -0.2) is 54.7 Å². The van der Waals surface area contributed by atoms with Gasteiger partial charge >= 0.3 is 5.97 Å². The fourth-order valence-electron chi connectivity index (χ4n) is 2.49. The van der Waals surface area contributed by atoms with Crippen LogP contribution in [0.15, 0.2) is 24.3 Å². The number of carbonyl (C=O) groups excluding carboxylic acids is 1. The van der Waals surface area contributed by atoms with E-state index in [0.717, 1.165) is 0 Å². The molecule has 1 heterocycles. The Kier molecular flexibility index (Phi) is 6.34. The maximum atomic E-state index is 12.7. The second-order valence-electron chi connectivity index (χ2n) is 5.54. The number of nitrogens with one attached hydrogen (secondary N) is 1. The molecule has 0 atom stereocenters. The molecule has 0 saturated carbocycles. The van der Waals surface area contributed by atoms with E-state index < -0.39 is 5.97 Å². The zero-order chi connectivity index (χ0) is 16.7. The van der Waals surface area contributed by atoms with Gasteiger partial charge in [-0.1, -0.05) is 0 Å². The van der Waals surface area contributed by atoms with E-state index in [1.54, 1.807) is 0 Å². The average Bonchev–Trinajstić information content (AvgIpc) is 2.54. The fraction of sp³-hybridized carbons (Fsp3) is 0.500. The average molecular weight is 324 g/mol. The van der Waals surface area contributed by atoms with E-state index >= 15 is 0 Å². The smallest absolute Gasteiger partial charge is 0.306 e. The lowest BCUT2D eigenvalue weighted by Crippen LogP contribution is -2.43. The fourth-order valence-corrected chi connectivity index (χ4v) is 2.49. The molecule has 1 amide bonds. The molecule has 2 rings (SSSR count). The van der Waals surface area contributed by atoms with E-state index in [1.807, 2.05) is 4.90 Å². The number of hydrogen-bond donors (Lipinski definition) is 2. The Morgan fingerprint density at radius 1 is 1.26 bits per heavy atom. The molecule has 7 heteroatoms. The van der Waals surface area contributed by atoms with E-state index in [1.165, 1.54) is 24.3 Å². The van der Waals surface area contributed by atoms with Gasteiger partial charge in [0.1, 0.15) is 18.2 Å². The number of carboxylic acid groups (broad SMARTS) is 1. The lowest BCUT2D eigenvalue weighted by Gasteiger charge is -2.29. The van der Waals surface area contributed by atoms with Gasteiger partial charge in [0.25, 0.3) is 0 Å². The SMILES string of the molecule is O=C(CN1CCC(C(=O)O)CC1)NCCOc1ccc(F)cc1. The molecule has 23 heavy (non-hydrogen) atoms. The Labute approximate surface area is 134 Å². The summed E-state index contributed by atoms with van der Waals surface area (Å²) in [6.45, 7) is 2.18. The highest BCUT2D eigenvalue weighted by Gasteiger charge is 2.25. The van der Waals surface area contributed by atoms with Crippen LogP contribution in [0.3, 0.4) is 0 Å². The van der Waals surface area contributed by atoms with Crippen LogP contribution in [0, 0.1) is 11.7 Å². The minimum atomic E-state index is -0.757. The molecule has 0 radical (unpaired) electrons. The molecule has 1 aliphatic heterocycles. The molecule has 0 aliphatic carbocycles. The third-order valence-corrected chi connectivity index (χ3v) is 3.81. The third kappa shape index (κ3) is 5.86. The number of rotatable bonds is 7. The summed E-state index contributed by atoms with van der Waals surface area (Å²) < 4.78 is 18.1. The number of benzene rings is 1. The first-order valence-corrected chi connectivity index (χ1v) is 7.65. The van der Waals surface area contributed by atoms with Crippen LogP contribution in [-0.2, 0) is 9.59 Å². The third-order valence-electron chi connectivity index (χ3n) is 3.81. The number of aliphatic carboxylic acids is 1. The predicted octanol–water partition coefficient (Wildman–Crippen LogP) is 1.12. The summed E-state index contributed by atoms with van der Waals surface area (Å²) in [6, 6.07) is 5.69. The van der Waals surface area contributed by atoms with Crippen molar-refractivity contribution in [2.24, 2.45) is 5.92 Å². The Bertz CT molecular complexity index is 527. The van der Waals surface area contributed by atoms with Gasteiger partial charge < -0.3 is 15.2 Å². The molecule has 0 bridgehead atoms. The van der Waals surface area contributed by atoms with E-state index in [-0.39, 0.29) is 24.2 Å². The summed E-state index contributed by atoms with van der Waals surface area (Å²) in [5.41, 5.74) is 0. The van der Waals surface area contributed by atoms with Crippen molar-refractivity contribution in [2.45, 2.75) is 12.8 Å². The molecule has 1 aromatic carbocycles.